The molecule has 4 aliphatic rings. The number of aromatic nitrogens is 3. The molecule has 3 aromatic rings. The fourth-order valence-corrected chi connectivity index (χ4v) is 8.70. The number of hydrogen-bond donors (Lipinski definition) is 5. The summed E-state index contributed by atoms with van der Waals surface area (Å²) in [5.74, 6) is -2.09. The van der Waals surface area contributed by atoms with Crippen molar-refractivity contribution in [3.05, 3.63) is 40.5 Å². The SMILES string of the molecule is Cc1nc(N2C[C@H](NC(=O)[C@@H]3CC[C@@H]4C[C@H]5C[C@H]5C[C@H](NC(=O)c5cc6cc(C(F)P(=O)(O)O)ccc6s5)C(=O)N43)[C@@H](F)C2)n[nH]1. The van der Waals surface area contributed by atoms with Crippen LogP contribution in [-0.2, 0) is 14.2 Å². The van der Waals surface area contributed by atoms with Gasteiger partial charge in [-0.05, 0) is 80.0 Å². The zero-order chi connectivity index (χ0) is 32.5. The van der Waals surface area contributed by atoms with E-state index in [9.17, 15) is 33.1 Å². The lowest BCUT2D eigenvalue weighted by Crippen LogP contribution is -2.58. The molecular formula is C29H34F2N7O6PS. The average Bonchev–Trinajstić information content (AvgIpc) is 3.45. The van der Waals surface area contributed by atoms with Crippen molar-refractivity contribution in [1.82, 2.24) is 30.7 Å². The van der Waals surface area contributed by atoms with Gasteiger partial charge in [0.1, 0.15) is 24.1 Å². The highest BCUT2D eigenvalue weighted by Crippen LogP contribution is 2.53. The van der Waals surface area contributed by atoms with Crippen LogP contribution in [0.25, 0.3) is 10.1 Å². The van der Waals surface area contributed by atoms with Crippen molar-refractivity contribution in [3.8, 4) is 0 Å². The highest BCUT2D eigenvalue weighted by atomic mass is 32.1. The molecule has 8 atom stereocenters. The summed E-state index contributed by atoms with van der Waals surface area (Å²) in [6.07, 6.45) is 1.91. The minimum Gasteiger partial charge on any atom is -0.347 e. The number of nitrogens with one attached hydrogen (secondary N) is 3. The highest BCUT2D eigenvalue weighted by Gasteiger charge is 2.52. The predicted molar refractivity (Wildman–Crippen MR) is 164 cm³/mol. The molecule has 5 N–H and O–H groups in total. The van der Waals surface area contributed by atoms with E-state index in [2.05, 4.69) is 25.8 Å². The van der Waals surface area contributed by atoms with Gasteiger partial charge in [-0.15, -0.1) is 16.4 Å². The zero-order valence-corrected chi connectivity index (χ0v) is 26.5. The Morgan fingerprint density at radius 2 is 1.91 bits per heavy atom. The molecule has 17 heteroatoms. The summed E-state index contributed by atoms with van der Waals surface area (Å²) in [5, 5.41) is 13.0. The first-order valence-electron chi connectivity index (χ1n) is 15.3. The lowest BCUT2D eigenvalue weighted by atomic mass is 9.99. The first kappa shape index (κ1) is 31.2. The number of carbonyl (C=O) groups excluding carboxylic acids is 3. The van der Waals surface area contributed by atoms with Gasteiger partial charge in [-0.25, -0.2) is 8.78 Å². The number of H-pyrrole nitrogens is 1. The van der Waals surface area contributed by atoms with Gasteiger partial charge in [-0.1, -0.05) is 6.07 Å². The average molecular weight is 678 g/mol. The van der Waals surface area contributed by atoms with Crippen LogP contribution in [0, 0.1) is 18.8 Å². The number of fused-ring (bicyclic) bond motifs is 3. The number of aryl methyl sites for hydroxylation is 1. The molecule has 5 heterocycles. The minimum atomic E-state index is -5.00. The Hall–Kier alpha value is -3.46. The van der Waals surface area contributed by atoms with E-state index in [1.54, 1.807) is 16.7 Å². The second-order valence-electron chi connectivity index (χ2n) is 12.8. The number of nitrogens with zero attached hydrogens (tertiary/aromatic N) is 4. The number of rotatable bonds is 7. The van der Waals surface area contributed by atoms with Gasteiger partial charge >= 0.3 is 7.60 Å². The number of alkyl halides is 2. The molecular weight excluding hydrogens is 643 g/mol. The number of hydrogen-bond acceptors (Lipinski definition) is 8. The molecule has 0 bridgehead atoms. The quantitative estimate of drug-likeness (QED) is 0.235. The fraction of sp³-hybridized carbons (Fsp3) is 0.552. The smallest absolute Gasteiger partial charge is 0.347 e. The number of benzene rings is 1. The van der Waals surface area contributed by atoms with Crippen LogP contribution >= 0.6 is 18.9 Å². The van der Waals surface area contributed by atoms with Gasteiger partial charge in [0.05, 0.1) is 17.5 Å². The third-order valence-electron chi connectivity index (χ3n) is 9.62. The Balaban J connectivity index is 1.06. The van der Waals surface area contributed by atoms with Gasteiger partial charge in [0, 0.05) is 17.3 Å². The van der Waals surface area contributed by atoms with Crippen LogP contribution in [0.4, 0.5) is 14.7 Å². The monoisotopic (exact) mass is 677 g/mol. The molecule has 3 amide bonds. The molecule has 2 aromatic heterocycles. The molecule has 246 valence electrons. The molecule has 3 aliphatic heterocycles. The van der Waals surface area contributed by atoms with Crippen LogP contribution < -0.4 is 15.5 Å². The van der Waals surface area contributed by atoms with E-state index in [0.717, 1.165) is 24.2 Å². The van der Waals surface area contributed by atoms with Crippen molar-refractivity contribution in [2.75, 3.05) is 18.0 Å². The summed E-state index contributed by atoms with van der Waals surface area (Å²) in [6, 6.07) is 2.99. The zero-order valence-electron chi connectivity index (χ0n) is 24.8. The first-order valence-corrected chi connectivity index (χ1v) is 17.8. The Morgan fingerprint density at radius 1 is 1.13 bits per heavy atom. The van der Waals surface area contributed by atoms with Crippen molar-refractivity contribution in [1.29, 1.82) is 0 Å². The van der Waals surface area contributed by atoms with E-state index < -0.39 is 49.6 Å². The number of anilines is 1. The maximum atomic E-state index is 15.0. The molecule has 1 aliphatic carbocycles. The van der Waals surface area contributed by atoms with Crippen molar-refractivity contribution < 1.29 is 37.5 Å². The lowest BCUT2D eigenvalue weighted by molar-refractivity contribution is -0.143. The van der Waals surface area contributed by atoms with Crippen molar-refractivity contribution in [3.63, 3.8) is 0 Å². The van der Waals surface area contributed by atoms with Crippen molar-refractivity contribution in [2.45, 2.75) is 75.3 Å². The van der Waals surface area contributed by atoms with E-state index in [1.165, 1.54) is 24.3 Å². The molecule has 7 rings (SSSR count). The minimum absolute atomic E-state index is 0.0342. The van der Waals surface area contributed by atoms with Gasteiger partial charge < -0.3 is 30.2 Å². The van der Waals surface area contributed by atoms with Crippen LogP contribution in [-0.4, -0.2) is 91.0 Å². The summed E-state index contributed by atoms with van der Waals surface area (Å²) in [7, 11) is -5.00. The lowest BCUT2D eigenvalue weighted by Gasteiger charge is -2.35. The van der Waals surface area contributed by atoms with Gasteiger partial charge in [-0.2, -0.15) is 4.98 Å². The summed E-state index contributed by atoms with van der Waals surface area (Å²) < 4.78 is 41.3. The van der Waals surface area contributed by atoms with Gasteiger partial charge in [0.15, 0.2) is 0 Å². The van der Waals surface area contributed by atoms with E-state index in [4.69, 9.17) is 0 Å². The summed E-state index contributed by atoms with van der Waals surface area (Å²) >= 11 is 1.12. The summed E-state index contributed by atoms with van der Waals surface area (Å²) in [5.41, 5.74) is -0.192. The molecule has 0 spiro atoms. The van der Waals surface area contributed by atoms with E-state index >= 15 is 4.39 Å². The van der Waals surface area contributed by atoms with Crippen LogP contribution in [0.1, 0.15) is 59.1 Å². The maximum absolute atomic E-state index is 15.0. The fourth-order valence-electron chi connectivity index (χ4n) is 7.21. The number of halogens is 2. The van der Waals surface area contributed by atoms with Crippen molar-refractivity contribution >= 4 is 52.7 Å². The molecule has 3 saturated heterocycles. The molecule has 13 nitrogen and oxygen atoms in total. The Morgan fingerprint density at radius 3 is 2.65 bits per heavy atom. The molecule has 1 unspecified atom stereocenters. The Kier molecular flexibility index (Phi) is 7.89. The standard InChI is InChI=1S/C29H34F2N7O6PS/c1-13-32-29(36-35-13)37-11-19(30)21(12-37)34-26(39)22-4-3-18-8-15-7-16(15)9-20(28(41)38(18)22)33-27(40)24-10-17-6-14(2-5-23(17)46-24)25(31)45(42,43)44/h2,5-6,10,15-16,18-22,25H,3-4,7-9,11-12H2,1H3,(H,33,40)(H,34,39)(H,32,35,36)(H2,42,43,44)/t15-,16+,18-,19+,20+,21+,22+,25?/m1/s1. The highest BCUT2D eigenvalue weighted by molar-refractivity contribution is 7.51. The molecule has 46 heavy (non-hydrogen) atoms. The van der Waals surface area contributed by atoms with Crippen LogP contribution in [0.3, 0.4) is 0 Å². The number of carbonyl (C=O) groups is 3. The van der Waals surface area contributed by atoms with Crippen LogP contribution in [0.2, 0.25) is 0 Å². The third kappa shape index (κ3) is 5.91. The first-order chi connectivity index (χ1) is 21.9. The predicted octanol–water partition coefficient (Wildman–Crippen LogP) is 2.70. The Labute approximate surface area is 266 Å². The van der Waals surface area contributed by atoms with E-state index in [1.807, 2.05) is 0 Å². The maximum Gasteiger partial charge on any atom is 0.363 e. The normalized spacial score (nSPS) is 30.0. The third-order valence-corrected chi connectivity index (χ3v) is 11.6. The van der Waals surface area contributed by atoms with Gasteiger partial charge in [0.25, 0.3) is 5.91 Å². The van der Waals surface area contributed by atoms with Crippen LogP contribution in [0.5, 0.6) is 0 Å². The van der Waals surface area contributed by atoms with Gasteiger partial charge in [-0.3, -0.25) is 24.0 Å². The van der Waals surface area contributed by atoms with E-state index in [-0.39, 0.29) is 35.5 Å². The van der Waals surface area contributed by atoms with Gasteiger partial charge in [0.2, 0.25) is 23.7 Å². The number of thiophene rings is 1. The van der Waals surface area contributed by atoms with Crippen molar-refractivity contribution in [2.24, 2.45) is 11.8 Å². The Bertz CT molecular complexity index is 1750. The second-order valence-corrected chi connectivity index (χ2v) is 15.6. The van der Waals surface area contributed by atoms with E-state index in [0.29, 0.717) is 53.0 Å². The number of aromatic amines is 1. The molecule has 0 radical (unpaired) electrons. The topological polar surface area (TPSA) is 181 Å². The number of amides is 3. The molecule has 1 saturated carbocycles. The van der Waals surface area contributed by atoms with Crippen LogP contribution in [0.15, 0.2) is 24.3 Å². The largest absolute Gasteiger partial charge is 0.363 e. The summed E-state index contributed by atoms with van der Waals surface area (Å²) in [6.45, 7) is 1.97. The molecule has 1 aromatic carbocycles. The second kappa shape index (κ2) is 11.7. The summed E-state index contributed by atoms with van der Waals surface area (Å²) in [4.78, 5) is 67.3. The molecule has 4 fully saturated rings.